The summed E-state index contributed by atoms with van der Waals surface area (Å²) in [6.07, 6.45) is 1.15. The molecule has 0 fully saturated rings. The molecule has 0 aliphatic rings. The fraction of sp³-hybridized carbons (Fsp3) is 0.154. The van der Waals surface area contributed by atoms with Crippen LogP contribution in [0, 0.1) is 21.7 Å². The lowest BCUT2D eigenvalue weighted by Gasteiger charge is -2.09. The van der Waals surface area contributed by atoms with Crippen LogP contribution < -0.4 is 9.47 Å². The monoisotopic (exact) mass is 296 g/mol. The highest BCUT2D eigenvalue weighted by Gasteiger charge is 2.19. The molecule has 1 aromatic carbocycles. The Kier molecular flexibility index (Phi) is 4.27. The number of hydrogen-bond acceptors (Lipinski definition) is 5. The summed E-state index contributed by atoms with van der Waals surface area (Å²) in [6, 6.07) is 4.58. The second-order valence-electron chi connectivity index (χ2n) is 3.94. The average molecular weight is 296 g/mol. The molecule has 2 rings (SSSR count). The van der Waals surface area contributed by atoms with Crippen LogP contribution in [-0.2, 0) is 6.61 Å². The highest BCUT2D eigenvalue weighted by molar-refractivity contribution is 5.44. The minimum atomic E-state index is -0.798. The molecule has 6 nitrogen and oxygen atoms in total. The molecular formula is C13H10F2N2O4. The summed E-state index contributed by atoms with van der Waals surface area (Å²) < 4.78 is 36.9. The smallest absolute Gasteiger partial charge is 0.406 e. The van der Waals surface area contributed by atoms with E-state index >= 15 is 0 Å². The Morgan fingerprint density at radius 2 is 2.00 bits per heavy atom. The van der Waals surface area contributed by atoms with E-state index in [2.05, 4.69) is 4.98 Å². The van der Waals surface area contributed by atoms with Crippen molar-refractivity contribution in [3.63, 3.8) is 0 Å². The Labute approximate surface area is 118 Å². The Bertz CT molecular complexity index is 659. The van der Waals surface area contributed by atoms with Gasteiger partial charge in [-0.05, 0) is 22.0 Å². The number of hydrogen-bond donors (Lipinski definition) is 0. The topological polar surface area (TPSA) is 74.5 Å². The number of nitrogens with zero attached hydrogens (tertiary/aromatic N) is 2. The number of ether oxygens (including phenoxy) is 2. The molecular weight excluding hydrogens is 286 g/mol. The van der Waals surface area contributed by atoms with Crippen LogP contribution in [-0.4, -0.2) is 17.0 Å². The van der Waals surface area contributed by atoms with Crippen LogP contribution in [0.1, 0.15) is 5.56 Å². The zero-order chi connectivity index (χ0) is 15.4. The van der Waals surface area contributed by atoms with Crippen LogP contribution in [0.3, 0.4) is 0 Å². The lowest BCUT2D eigenvalue weighted by atomic mass is 10.2. The fourth-order valence-corrected chi connectivity index (χ4v) is 1.59. The van der Waals surface area contributed by atoms with Crippen LogP contribution in [0.5, 0.6) is 11.5 Å². The van der Waals surface area contributed by atoms with E-state index in [0.717, 1.165) is 18.3 Å². The van der Waals surface area contributed by atoms with E-state index in [4.69, 9.17) is 9.47 Å². The first-order chi connectivity index (χ1) is 10.0. The molecule has 0 unspecified atom stereocenters. The number of halogens is 2. The molecule has 2 aromatic rings. The summed E-state index contributed by atoms with van der Waals surface area (Å²) in [5.41, 5.74) is -0.324. The summed E-state index contributed by atoms with van der Waals surface area (Å²) in [5.74, 6) is -2.17. The Balaban J connectivity index is 2.28. The molecule has 0 radical (unpaired) electrons. The van der Waals surface area contributed by atoms with E-state index in [1.54, 1.807) is 0 Å². The van der Waals surface area contributed by atoms with Crippen LogP contribution >= 0.6 is 0 Å². The molecule has 8 heteroatoms. The van der Waals surface area contributed by atoms with E-state index in [0.29, 0.717) is 0 Å². The minimum absolute atomic E-state index is 0.226. The van der Waals surface area contributed by atoms with Gasteiger partial charge in [-0.15, -0.1) is 0 Å². The first-order valence-corrected chi connectivity index (χ1v) is 5.77. The molecule has 1 heterocycles. The molecule has 0 amide bonds. The second-order valence-corrected chi connectivity index (χ2v) is 3.94. The number of benzene rings is 1. The molecule has 0 saturated heterocycles. The van der Waals surface area contributed by atoms with Gasteiger partial charge in [-0.25, -0.2) is 8.78 Å². The molecule has 0 bridgehead atoms. The second kappa shape index (κ2) is 6.12. The highest BCUT2D eigenvalue weighted by atomic mass is 19.1. The molecule has 0 spiro atoms. The number of nitro groups is 1. The number of methoxy groups -OCH3 is 1. The summed E-state index contributed by atoms with van der Waals surface area (Å²) in [6.45, 7) is -0.506. The molecule has 0 saturated carbocycles. The third kappa shape index (κ3) is 3.22. The quantitative estimate of drug-likeness (QED) is 0.626. The lowest BCUT2D eigenvalue weighted by molar-refractivity contribution is -0.390. The van der Waals surface area contributed by atoms with E-state index in [1.807, 2.05) is 0 Å². The molecule has 0 N–H and O–H groups in total. The van der Waals surface area contributed by atoms with Gasteiger partial charge in [-0.1, -0.05) is 6.07 Å². The third-order valence-electron chi connectivity index (χ3n) is 2.65. The van der Waals surface area contributed by atoms with Gasteiger partial charge in [0.05, 0.1) is 12.7 Å². The first kappa shape index (κ1) is 14.6. The Morgan fingerprint density at radius 1 is 1.33 bits per heavy atom. The highest BCUT2D eigenvalue weighted by Crippen LogP contribution is 2.29. The fourth-order valence-electron chi connectivity index (χ4n) is 1.59. The Hall–Kier alpha value is -2.77. The van der Waals surface area contributed by atoms with Gasteiger partial charge in [0.25, 0.3) is 0 Å². The van der Waals surface area contributed by atoms with E-state index in [-0.39, 0.29) is 17.1 Å². The summed E-state index contributed by atoms with van der Waals surface area (Å²) >= 11 is 0. The van der Waals surface area contributed by atoms with Gasteiger partial charge in [-0.3, -0.25) is 0 Å². The van der Waals surface area contributed by atoms with Crippen LogP contribution in [0.25, 0.3) is 0 Å². The number of aromatic nitrogens is 1. The van der Waals surface area contributed by atoms with Crippen molar-refractivity contribution in [2.75, 3.05) is 7.11 Å². The Morgan fingerprint density at radius 3 is 2.57 bits per heavy atom. The lowest BCUT2D eigenvalue weighted by Crippen LogP contribution is -2.04. The molecule has 110 valence electrons. The van der Waals surface area contributed by atoms with E-state index in [1.165, 1.54) is 19.2 Å². The van der Waals surface area contributed by atoms with Gasteiger partial charge < -0.3 is 19.6 Å². The van der Waals surface area contributed by atoms with Crippen molar-refractivity contribution >= 4 is 5.82 Å². The van der Waals surface area contributed by atoms with Gasteiger partial charge in [0.15, 0.2) is 11.9 Å². The van der Waals surface area contributed by atoms with Crippen molar-refractivity contribution in [2.45, 2.75) is 6.61 Å². The predicted octanol–water partition coefficient (Wildman–Crippen LogP) is 2.86. The van der Waals surface area contributed by atoms with Crippen molar-refractivity contribution < 1.29 is 23.2 Å². The van der Waals surface area contributed by atoms with Crippen LogP contribution in [0.4, 0.5) is 14.6 Å². The molecule has 1 aromatic heterocycles. The summed E-state index contributed by atoms with van der Waals surface area (Å²) in [7, 11) is 1.35. The maximum Gasteiger partial charge on any atom is 0.406 e. The molecule has 0 aliphatic carbocycles. The SMILES string of the molecule is COc1cnc([N+](=O)[O-])c(OCc2c(F)cccc2F)c1. The first-order valence-electron chi connectivity index (χ1n) is 5.77. The largest absolute Gasteiger partial charge is 0.493 e. The van der Waals surface area contributed by atoms with Crippen LogP contribution in [0.15, 0.2) is 30.5 Å². The molecule has 0 atom stereocenters. The zero-order valence-corrected chi connectivity index (χ0v) is 10.9. The summed E-state index contributed by atoms with van der Waals surface area (Å²) in [4.78, 5) is 13.7. The van der Waals surface area contributed by atoms with Gasteiger partial charge >= 0.3 is 5.82 Å². The van der Waals surface area contributed by atoms with Crippen molar-refractivity contribution in [1.82, 2.24) is 4.98 Å². The average Bonchev–Trinajstić information content (AvgIpc) is 2.46. The number of pyridine rings is 1. The van der Waals surface area contributed by atoms with Gasteiger partial charge in [0.1, 0.15) is 18.2 Å². The van der Waals surface area contributed by atoms with Gasteiger partial charge in [0.2, 0.25) is 5.75 Å². The predicted molar refractivity (Wildman–Crippen MR) is 68.1 cm³/mol. The van der Waals surface area contributed by atoms with Crippen molar-refractivity contribution in [1.29, 1.82) is 0 Å². The van der Waals surface area contributed by atoms with Gasteiger partial charge in [-0.2, -0.15) is 0 Å². The van der Waals surface area contributed by atoms with Crippen molar-refractivity contribution in [3.05, 3.63) is 57.8 Å². The standard InChI is InChI=1S/C13H10F2N2O4/c1-20-8-5-12(13(16-6-8)17(18)19)21-7-9-10(14)3-2-4-11(9)15/h2-6H,7H2,1H3. The maximum atomic E-state index is 13.5. The van der Waals surface area contributed by atoms with Crippen molar-refractivity contribution in [3.8, 4) is 11.5 Å². The number of rotatable bonds is 5. The van der Waals surface area contributed by atoms with E-state index < -0.39 is 29.0 Å². The third-order valence-corrected chi connectivity index (χ3v) is 2.65. The van der Waals surface area contributed by atoms with Crippen LogP contribution in [0.2, 0.25) is 0 Å². The summed E-state index contributed by atoms with van der Waals surface area (Å²) in [5, 5.41) is 10.8. The molecule has 21 heavy (non-hydrogen) atoms. The maximum absolute atomic E-state index is 13.5. The van der Waals surface area contributed by atoms with E-state index in [9.17, 15) is 18.9 Å². The normalized spacial score (nSPS) is 10.2. The zero-order valence-electron chi connectivity index (χ0n) is 10.9. The minimum Gasteiger partial charge on any atom is -0.493 e. The van der Waals surface area contributed by atoms with Gasteiger partial charge in [0, 0.05) is 6.07 Å². The van der Waals surface area contributed by atoms with Crippen molar-refractivity contribution in [2.24, 2.45) is 0 Å². The molecule has 0 aliphatic heterocycles.